The summed E-state index contributed by atoms with van der Waals surface area (Å²) in [5.41, 5.74) is 2.99. The second-order valence-corrected chi connectivity index (χ2v) is 6.40. The Bertz CT molecular complexity index is 1140. The number of hydrogen-bond acceptors (Lipinski definition) is 3. The Morgan fingerprint density at radius 1 is 0.889 bits per heavy atom. The van der Waals surface area contributed by atoms with Crippen molar-refractivity contribution >= 4 is 44.9 Å². The van der Waals surface area contributed by atoms with Gasteiger partial charge in [0.05, 0.1) is 12.7 Å². The van der Waals surface area contributed by atoms with Crippen molar-refractivity contribution in [1.82, 2.24) is 0 Å². The van der Waals surface area contributed by atoms with E-state index in [1.807, 2.05) is 36.4 Å². The first-order valence-electron chi connectivity index (χ1n) is 8.65. The molecule has 3 aromatic carbocycles. The number of carbonyl (C=O) groups is 2. The molecular formula is C22H18N2O3. The van der Waals surface area contributed by atoms with E-state index < -0.39 is 0 Å². The largest absolute Gasteiger partial charge is 0.464 e. The third-order valence-corrected chi connectivity index (χ3v) is 4.38. The average Bonchev–Trinajstić information content (AvgIpc) is 3.06. The highest BCUT2D eigenvalue weighted by atomic mass is 16.3. The number of benzene rings is 3. The Balaban J connectivity index is 1.55. The molecule has 5 heteroatoms. The Labute approximate surface area is 156 Å². The van der Waals surface area contributed by atoms with Crippen LogP contribution in [-0.4, -0.2) is 11.8 Å². The monoisotopic (exact) mass is 358 g/mol. The fourth-order valence-electron chi connectivity index (χ4n) is 3.22. The van der Waals surface area contributed by atoms with Crippen LogP contribution in [-0.2, 0) is 16.0 Å². The summed E-state index contributed by atoms with van der Waals surface area (Å²) in [5.74, 6) is -0.260. The lowest BCUT2D eigenvalue weighted by atomic mass is 10.0. The van der Waals surface area contributed by atoms with Gasteiger partial charge in [-0.1, -0.05) is 30.3 Å². The molecule has 27 heavy (non-hydrogen) atoms. The minimum Gasteiger partial charge on any atom is -0.464 e. The van der Waals surface area contributed by atoms with Gasteiger partial charge in [0.1, 0.15) is 5.58 Å². The molecule has 2 N–H and O–H groups in total. The highest BCUT2D eigenvalue weighted by molar-refractivity contribution is 6.09. The van der Waals surface area contributed by atoms with Gasteiger partial charge in [0.15, 0.2) is 0 Å². The number of fused-ring (bicyclic) bond motifs is 3. The zero-order valence-corrected chi connectivity index (χ0v) is 14.8. The molecule has 4 rings (SSSR count). The van der Waals surface area contributed by atoms with Crippen LogP contribution in [0, 0.1) is 0 Å². The molecule has 0 unspecified atom stereocenters. The second kappa shape index (κ2) is 6.96. The van der Waals surface area contributed by atoms with Gasteiger partial charge in [0, 0.05) is 29.2 Å². The molecule has 1 aromatic heterocycles. The first-order chi connectivity index (χ1) is 13.1. The number of nitrogens with one attached hydrogen (secondary N) is 2. The summed E-state index contributed by atoms with van der Waals surface area (Å²) in [6, 6.07) is 19.0. The van der Waals surface area contributed by atoms with Gasteiger partial charge < -0.3 is 15.1 Å². The highest BCUT2D eigenvalue weighted by Crippen LogP contribution is 2.30. The van der Waals surface area contributed by atoms with Crippen LogP contribution < -0.4 is 10.6 Å². The summed E-state index contributed by atoms with van der Waals surface area (Å²) in [5, 5.41) is 8.74. The van der Waals surface area contributed by atoms with Crippen LogP contribution in [0.2, 0.25) is 0 Å². The lowest BCUT2D eigenvalue weighted by molar-refractivity contribution is -0.116. The van der Waals surface area contributed by atoms with Crippen molar-refractivity contribution in [1.29, 1.82) is 0 Å². The van der Waals surface area contributed by atoms with E-state index in [0.717, 1.165) is 27.3 Å². The number of furan rings is 1. The van der Waals surface area contributed by atoms with Crippen molar-refractivity contribution in [3.8, 4) is 0 Å². The third-order valence-electron chi connectivity index (χ3n) is 4.38. The van der Waals surface area contributed by atoms with E-state index in [-0.39, 0.29) is 18.2 Å². The minimum absolute atomic E-state index is 0.127. The summed E-state index contributed by atoms with van der Waals surface area (Å²) in [6.07, 6.45) is 1.87. The molecule has 4 aromatic rings. The SMILES string of the molecule is CC(=O)Nc1ccc(NC(=O)Cc2coc3ccc4ccccc4c23)cc1. The summed E-state index contributed by atoms with van der Waals surface area (Å²) in [7, 11) is 0. The molecule has 0 saturated heterocycles. The maximum absolute atomic E-state index is 12.5. The summed E-state index contributed by atoms with van der Waals surface area (Å²) in [4.78, 5) is 23.6. The summed E-state index contributed by atoms with van der Waals surface area (Å²) >= 11 is 0. The van der Waals surface area contributed by atoms with Crippen molar-refractivity contribution in [3.63, 3.8) is 0 Å². The standard InChI is InChI=1S/C22H18N2O3/c1-14(25)23-17-7-9-18(10-8-17)24-21(26)12-16-13-27-20-11-6-15-4-2-3-5-19(15)22(16)20/h2-11,13H,12H2,1H3,(H,23,25)(H,24,26). The maximum atomic E-state index is 12.5. The third kappa shape index (κ3) is 3.53. The van der Waals surface area contributed by atoms with Gasteiger partial charge in [-0.25, -0.2) is 0 Å². The molecule has 0 aliphatic heterocycles. The molecule has 0 aliphatic rings. The van der Waals surface area contributed by atoms with Crippen LogP contribution in [0.15, 0.2) is 71.3 Å². The molecule has 2 amide bonds. The first-order valence-corrected chi connectivity index (χ1v) is 8.65. The Morgan fingerprint density at radius 3 is 2.33 bits per heavy atom. The van der Waals surface area contributed by atoms with E-state index in [0.29, 0.717) is 11.4 Å². The number of anilines is 2. The smallest absolute Gasteiger partial charge is 0.228 e. The topological polar surface area (TPSA) is 71.3 Å². The normalized spacial score (nSPS) is 10.9. The Morgan fingerprint density at radius 2 is 1.59 bits per heavy atom. The van der Waals surface area contributed by atoms with Crippen LogP contribution >= 0.6 is 0 Å². The zero-order chi connectivity index (χ0) is 18.8. The molecule has 0 atom stereocenters. The molecule has 0 bridgehead atoms. The molecule has 134 valence electrons. The molecule has 0 aliphatic carbocycles. The number of hydrogen-bond donors (Lipinski definition) is 2. The van der Waals surface area contributed by atoms with Crippen molar-refractivity contribution in [2.45, 2.75) is 13.3 Å². The summed E-state index contributed by atoms with van der Waals surface area (Å²) in [6.45, 7) is 1.45. The number of amides is 2. The van der Waals surface area contributed by atoms with Gasteiger partial charge in [0.2, 0.25) is 11.8 Å². The van der Waals surface area contributed by atoms with Gasteiger partial charge in [-0.2, -0.15) is 0 Å². The molecule has 1 heterocycles. The van der Waals surface area contributed by atoms with Crippen LogP contribution in [0.25, 0.3) is 21.7 Å². The van der Waals surface area contributed by atoms with Crippen LogP contribution in [0.5, 0.6) is 0 Å². The Hall–Kier alpha value is -3.60. The summed E-state index contributed by atoms with van der Waals surface area (Å²) < 4.78 is 5.64. The van der Waals surface area contributed by atoms with Gasteiger partial charge in [0.25, 0.3) is 0 Å². The lowest BCUT2D eigenvalue weighted by Gasteiger charge is -2.07. The predicted octanol–water partition coefficient (Wildman–Crippen LogP) is 4.73. The van der Waals surface area contributed by atoms with Crippen LogP contribution in [0.1, 0.15) is 12.5 Å². The minimum atomic E-state index is -0.133. The quantitative estimate of drug-likeness (QED) is 0.554. The average molecular weight is 358 g/mol. The molecule has 0 spiro atoms. The van der Waals surface area contributed by atoms with Crippen LogP contribution in [0.3, 0.4) is 0 Å². The highest BCUT2D eigenvalue weighted by Gasteiger charge is 2.13. The van der Waals surface area contributed by atoms with Gasteiger partial charge >= 0.3 is 0 Å². The molecule has 5 nitrogen and oxygen atoms in total. The number of carbonyl (C=O) groups excluding carboxylic acids is 2. The van der Waals surface area contributed by atoms with Gasteiger partial charge in [-0.05, 0) is 41.1 Å². The predicted molar refractivity (Wildman–Crippen MR) is 107 cm³/mol. The second-order valence-electron chi connectivity index (χ2n) is 6.40. The fraction of sp³-hybridized carbons (Fsp3) is 0.0909. The van der Waals surface area contributed by atoms with Crippen molar-refractivity contribution in [2.75, 3.05) is 10.6 Å². The van der Waals surface area contributed by atoms with E-state index in [4.69, 9.17) is 4.42 Å². The molecule has 0 fully saturated rings. The van der Waals surface area contributed by atoms with Gasteiger partial charge in [-0.3, -0.25) is 9.59 Å². The Kier molecular flexibility index (Phi) is 4.34. The van der Waals surface area contributed by atoms with Crippen molar-refractivity contribution in [3.05, 3.63) is 72.5 Å². The molecular weight excluding hydrogens is 340 g/mol. The molecule has 0 radical (unpaired) electrons. The van der Waals surface area contributed by atoms with Crippen LogP contribution in [0.4, 0.5) is 11.4 Å². The fourth-order valence-corrected chi connectivity index (χ4v) is 3.22. The van der Waals surface area contributed by atoms with E-state index in [1.165, 1.54) is 6.92 Å². The first kappa shape index (κ1) is 16.8. The van der Waals surface area contributed by atoms with Crippen molar-refractivity contribution < 1.29 is 14.0 Å². The van der Waals surface area contributed by atoms with E-state index in [9.17, 15) is 9.59 Å². The maximum Gasteiger partial charge on any atom is 0.228 e. The molecule has 0 saturated carbocycles. The zero-order valence-electron chi connectivity index (χ0n) is 14.8. The van der Waals surface area contributed by atoms with E-state index in [1.54, 1.807) is 30.5 Å². The van der Waals surface area contributed by atoms with Gasteiger partial charge in [-0.15, -0.1) is 0 Å². The van der Waals surface area contributed by atoms with Crippen molar-refractivity contribution in [2.24, 2.45) is 0 Å². The van der Waals surface area contributed by atoms with E-state index in [2.05, 4.69) is 10.6 Å². The lowest BCUT2D eigenvalue weighted by Crippen LogP contribution is -2.14. The van der Waals surface area contributed by atoms with E-state index >= 15 is 0 Å². The number of rotatable bonds is 4.